The van der Waals surface area contributed by atoms with Crippen molar-refractivity contribution in [3.8, 4) is 0 Å². The molecule has 16 heavy (non-hydrogen) atoms. The van der Waals surface area contributed by atoms with Crippen LogP contribution in [0.25, 0.3) is 0 Å². The quantitative estimate of drug-likeness (QED) is 0.745. The van der Waals surface area contributed by atoms with Crippen LogP contribution in [0.5, 0.6) is 0 Å². The van der Waals surface area contributed by atoms with Crippen LogP contribution in [-0.2, 0) is 6.42 Å². The first kappa shape index (κ1) is 13.0. The monoisotopic (exact) mass is 217 g/mol. The van der Waals surface area contributed by atoms with Gasteiger partial charge in [-0.1, -0.05) is 48.4 Å². The van der Waals surface area contributed by atoms with Crippen molar-refractivity contribution in [2.24, 2.45) is 0 Å². The SMILES string of the molecule is C=C(C)C(Cc1cc(C)cc(C)c1)NCC. The minimum atomic E-state index is 0.395. The van der Waals surface area contributed by atoms with Crippen LogP contribution in [-0.4, -0.2) is 12.6 Å². The summed E-state index contributed by atoms with van der Waals surface area (Å²) < 4.78 is 0. The zero-order chi connectivity index (χ0) is 12.1. The third-order valence-electron chi connectivity index (χ3n) is 2.77. The molecule has 1 unspecified atom stereocenters. The molecule has 0 aromatic heterocycles. The molecule has 1 aromatic rings. The molecule has 0 saturated carbocycles. The lowest BCUT2D eigenvalue weighted by Gasteiger charge is -2.18. The molecule has 0 aliphatic heterocycles. The molecule has 1 N–H and O–H groups in total. The molecule has 1 rings (SSSR count). The molecule has 1 atom stereocenters. The summed E-state index contributed by atoms with van der Waals surface area (Å²) in [5.41, 5.74) is 5.28. The van der Waals surface area contributed by atoms with Crippen LogP contribution in [0.4, 0.5) is 0 Å². The first-order valence-electron chi connectivity index (χ1n) is 5.99. The highest BCUT2D eigenvalue weighted by molar-refractivity contribution is 5.30. The van der Waals surface area contributed by atoms with Gasteiger partial charge < -0.3 is 5.32 Å². The maximum absolute atomic E-state index is 4.05. The number of hydrogen-bond acceptors (Lipinski definition) is 1. The van der Waals surface area contributed by atoms with E-state index in [2.05, 4.69) is 57.8 Å². The zero-order valence-corrected chi connectivity index (χ0v) is 10.9. The molecule has 0 amide bonds. The van der Waals surface area contributed by atoms with Crippen LogP contribution in [0.1, 0.15) is 30.5 Å². The summed E-state index contributed by atoms with van der Waals surface area (Å²) in [6, 6.07) is 7.14. The first-order valence-corrected chi connectivity index (χ1v) is 5.99. The lowest BCUT2D eigenvalue weighted by Crippen LogP contribution is -2.31. The van der Waals surface area contributed by atoms with Crippen molar-refractivity contribution in [2.45, 2.75) is 40.2 Å². The largest absolute Gasteiger partial charge is 0.310 e. The van der Waals surface area contributed by atoms with Crippen LogP contribution in [0.2, 0.25) is 0 Å². The molecule has 0 bridgehead atoms. The van der Waals surface area contributed by atoms with Gasteiger partial charge in [-0.25, -0.2) is 0 Å². The Balaban J connectivity index is 2.80. The Labute approximate surface area is 99.6 Å². The summed E-state index contributed by atoms with van der Waals surface area (Å²) in [6.45, 7) is 13.6. The lowest BCUT2D eigenvalue weighted by molar-refractivity contribution is 0.587. The lowest BCUT2D eigenvalue weighted by atomic mass is 9.98. The maximum atomic E-state index is 4.05. The predicted molar refractivity (Wildman–Crippen MR) is 71.9 cm³/mol. The average Bonchev–Trinajstić information content (AvgIpc) is 2.15. The minimum Gasteiger partial charge on any atom is -0.310 e. The second-order valence-electron chi connectivity index (χ2n) is 4.66. The van der Waals surface area contributed by atoms with E-state index in [4.69, 9.17) is 0 Å². The van der Waals surface area contributed by atoms with Crippen molar-refractivity contribution in [1.29, 1.82) is 0 Å². The normalized spacial score (nSPS) is 12.5. The van der Waals surface area contributed by atoms with E-state index < -0.39 is 0 Å². The van der Waals surface area contributed by atoms with Crippen LogP contribution in [0.15, 0.2) is 30.4 Å². The molecule has 0 saturated heterocycles. The van der Waals surface area contributed by atoms with Gasteiger partial charge in [0, 0.05) is 6.04 Å². The Kier molecular flexibility index (Phi) is 4.75. The molecule has 0 radical (unpaired) electrons. The Hall–Kier alpha value is -1.08. The molecule has 0 aliphatic rings. The summed E-state index contributed by atoms with van der Waals surface area (Å²) in [5.74, 6) is 0. The molecule has 1 heteroatoms. The van der Waals surface area contributed by atoms with Crippen LogP contribution >= 0.6 is 0 Å². The fourth-order valence-corrected chi connectivity index (χ4v) is 2.09. The van der Waals surface area contributed by atoms with E-state index in [1.54, 1.807) is 0 Å². The van der Waals surface area contributed by atoms with E-state index in [0.717, 1.165) is 13.0 Å². The molecule has 1 nitrogen and oxygen atoms in total. The van der Waals surface area contributed by atoms with E-state index in [-0.39, 0.29) is 0 Å². The second kappa shape index (κ2) is 5.86. The Bertz CT molecular complexity index is 345. The highest BCUT2D eigenvalue weighted by Gasteiger charge is 2.09. The predicted octanol–water partition coefficient (Wildman–Crippen LogP) is 3.40. The smallest absolute Gasteiger partial charge is 0.0314 e. The van der Waals surface area contributed by atoms with Gasteiger partial charge >= 0.3 is 0 Å². The summed E-state index contributed by atoms with van der Waals surface area (Å²) >= 11 is 0. The standard InChI is InChI=1S/C15H23N/c1-6-16-15(11(2)3)10-14-8-12(4)7-13(5)9-14/h7-9,15-16H,2,6,10H2,1,3-5H3. The summed E-state index contributed by atoms with van der Waals surface area (Å²) in [6.07, 6.45) is 1.03. The minimum absolute atomic E-state index is 0.395. The van der Waals surface area contributed by atoms with Gasteiger partial charge in [-0.05, 0) is 39.3 Å². The van der Waals surface area contributed by atoms with Crippen molar-refractivity contribution in [3.63, 3.8) is 0 Å². The molecule has 0 aliphatic carbocycles. The van der Waals surface area contributed by atoms with Crippen molar-refractivity contribution < 1.29 is 0 Å². The van der Waals surface area contributed by atoms with Crippen molar-refractivity contribution in [1.82, 2.24) is 5.32 Å². The zero-order valence-electron chi connectivity index (χ0n) is 10.9. The van der Waals surface area contributed by atoms with Gasteiger partial charge in [0.05, 0.1) is 0 Å². The van der Waals surface area contributed by atoms with Gasteiger partial charge in [0.2, 0.25) is 0 Å². The molecule has 0 heterocycles. The summed E-state index contributed by atoms with van der Waals surface area (Å²) in [5, 5.41) is 3.47. The number of benzene rings is 1. The molecule has 88 valence electrons. The van der Waals surface area contributed by atoms with E-state index in [0.29, 0.717) is 6.04 Å². The van der Waals surface area contributed by atoms with E-state index in [9.17, 15) is 0 Å². The van der Waals surface area contributed by atoms with Crippen molar-refractivity contribution in [3.05, 3.63) is 47.0 Å². The highest BCUT2D eigenvalue weighted by Crippen LogP contribution is 2.13. The van der Waals surface area contributed by atoms with Gasteiger partial charge in [-0.15, -0.1) is 0 Å². The van der Waals surface area contributed by atoms with Crippen molar-refractivity contribution >= 4 is 0 Å². The molecule has 0 fully saturated rings. The number of hydrogen-bond donors (Lipinski definition) is 1. The Morgan fingerprint density at radius 2 is 1.81 bits per heavy atom. The topological polar surface area (TPSA) is 12.0 Å². The van der Waals surface area contributed by atoms with Gasteiger partial charge in [0.1, 0.15) is 0 Å². The molecular formula is C15H23N. The third kappa shape index (κ3) is 3.82. The number of nitrogens with one attached hydrogen (secondary N) is 1. The number of aryl methyl sites for hydroxylation is 2. The fourth-order valence-electron chi connectivity index (χ4n) is 2.09. The maximum Gasteiger partial charge on any atom is 0.0314 e. The summed E-state index contributed by atoms with van der Waals surface area (Å²) in [7, 11) is 0. The van der Waals surface area contributed by atoms with E-state index in [1.165, 1.54) is 22.3 Å². The average molecular weight is 217 g/mol. The highest BCUT2D eigenvalue weighted by atomic mass is 14.9. The second-order valence-corrected chi connectivity index (χ2v) is 4.66. The molecule has 0 spiro atoms. The van der Waals surface area contributed by atoms with Gasteiger partial charge in [0.15, 0.2) is 0 Å². The number of likely N-dealkylation sites (N-methyl/N-ethyl adjacent to an activating group) is 1. The fraction of sp³-hybridized carbons (Fsp3) is 0.467. The van der Waals surface area contributed by atoms with E-state index >= 15 is 0 Å². The van der Waals surface area contributed by atoms with E-state index in [1.807, 2.05) is 0 Å². The van der Waals surface area contributed by atoms with Crippen molar-refractivity contribution in [2.75, 3.05) is 6.54 Å². The summed E-state index contributed by atoms with van der Waals surface area (Å²) in [4.78, 5) is 0. The van der Waals surface area contributed by atoms with Gasteiger partial charge in [-0.2, -0.15) is 0 Å². The Morgan fingerprint density at radius 3 is 2.25 bits per heavy atom. The molecular weight excluding hydrogens is 194 g/mol. The van der Waals surface area contributed by atoms with Gasteiger partial charge in [0.25, 0.3) is 0 Å². The third-order valence-corrected chi connectivity index (χ3v) is 2.77. The Morgan fingerprint density at radius 1 is 1.25 bits per heavy atom. The number of rotatable bonds is 5. The van der Waals surface area contributed by atoms with Crippen LogP contribution in [0, 0.1) is 13.8 Å². The van der Waals surface area contributed by atoms with Gasteiger partial charge in [-0.3, -0.25) is 0 Å². The first-order chi connectivity index (χ1) is 7.52. The van der Waals surface area contributed by atoms with Crippen LogP contribution < -0.4 is 5.32 Å². The molecule has 1 aromatic carbocycles. The van der Waals surface area contributed by atoms with Crippen LogP contribution in [0.3, 0.4) is 0 Å².